The van der Waals surface area contributed by atoms with Crippen LogP contribution in [0.4, 0.5) is 0 Å². The van der Waals surface area contributed by atoms with Gasteiger partial charge in [0.15, 0.2) is 0 Å². The molecule has 0 aromatic rings. The second-order valence-corrected chi connectivity index (χ2v) is 2.49. The highest BCUT2D eigenvalue weighted by atomic mass is 14.2. The standard InChI is InChI=1S/C9H15N/c1-3-4-5-6-7-9(2)8-10/h6-7,9H,3-5H2,1-2H3. The van der Waals surface area contributed by atoms with E-state index in [4.69, 9.17) is 5.26 Å². The highest BCUT2D eigenvalue weighted by molar-refractivity contribution is 4.97. The van der Waals surface area contributed by atoms with Gasteiger partial charge in [-0.15, -0.1) is 0 Å². The van der Waals surface area contributed by atoms with Crippen molar-refractivity contribution in [2.24, 2.45) is 5.92 Å². The maximum Gasteiger partial charge on any atom is 0.0694 e. The van der Waals surface area contributed by atoms with Gasteiger partial charge in [-0.25, -0.2) is 0 Å². The summed E-state index contributed by atoms with van der Waals surface area (Å²) in [7, 11) is 0. The van der Waals surface area contributed by atoms with E-state index in [1.54, 1.807) is 0 Å². The van der Waals surface area contributed by atoms with E-state index in [0.29, 0.717) is 0 Å². The number of hydrogen-bond donors (Lipinski definition) is 0. The Balaban J connectivity index is 3.29. The van der Waals surface area contributed by atoms with Gasteiger partial charge in [-0.2, -0.15) is 5.26 Å². The van der Waals surface area contributed by atoms with Crippen molar-refractivity contribution in [3.63, 3.8) is 0 Å². The van der Waals surface area contributed by atoms with E-state index in [2.05, 4.69) is 19.1 Å². The van der Waals surface area contributed by atoms with Gasteiger partial charge in [-0.3, -0.25) is 0 Å². The molecule has 1 atom stereocenters. The van der Waals surface area contributed by atoms with Crippen LogP contribution in [-0.4, -0.2) is 0 Å². The normalized spacial score (nSPS) is 13.3. The van der Waals surface area contributed by atoms with Gasteiger partial charge < -0.3 is 0 Å². The van der Waals surface area contributed by atoms with Crippen LogP contribution in [0.2, 0.25) is 0 Å². The summed E-state index contributed by atoms with van der Waals surface area (Å²) in [5.74, 6) is 0.0804. The molecule has 0 bridgehead atoms. The third-order valence-electron chi connectivity index (χ3n) is 1.35. The summed E-state index contributed by atoms with van der Waals surface area (Å²) in [6.45, 7) is 4.07. The Labute approximate surface area is 63.4 Å². The smallest absolute Gasteiger partial charge is 0.0694 e. The Kier molecular flexibility index (Phi) is 5.86. The molecule has 1 heteroatoms. The number of hydrogen-bond acceptors (Lipinski definition) is 1. The Hall–Kier alpha value is -0.770. The zero-order valence-corrected chi connectivity index (χ0v) is 6.80. The average Bonchev–Trinajstić information content (AvgIpc) is 1.98. The van der Waals surface area contributed by atoms with E-state index >= 15 is 0 Å². The van der Waals surface area contributed by atoms with Crippen LogP contribution < -0.4 is 0 Å². The fraction of sp³-hybridized carbons (Fsp3) is 0.667. The molecule has 0 N–H and O–H groups in total. The molecule has 0 rings (SSSR count). The van der Waals surface area contributed by atoms with Crippen LogP contribution in [0, 0.1) is 17.2 Å². The predicted octanol–water partition coefficient (Wildman–Crippen LogP) is 2.89. The summed E-state index contributed by atoms with van der Waals surface area (Å²) < 4.78 is 0. The third kappa shape index (κ3) is 5.37. The molecule has 0 aliphatic carbocycles. The first kappa shape index (κ1) is 9.23. The molecule has 1 nitrogen and oxygen atoms in total. The zero-order chi connectivity index (χ0) is 7.82. The van der Waals surface area contributed by atoms with E-state index < -0.39 is 0 Å². The molecule has 0 spiro atoms. The minimum absolute atomic E-state index is 0.0804. The molecule has 0 amide bonds. The molecule has 0 aliphatic heterocycles. The van der Waals surface area contributed by atoms with Gasteiger partial charge >= 0.3 is 0 Å². The van der Waals surface area contributed by atoms with E-state index in [1.807, 2.05) is 13.0 Å². The Morgan fingerprint density at radius 2 is 2.30 bits per heavy atom. The Bertz CT molecular complexity index is 130. The van der Waals surface area contributed by atoms with E-state index in [1.165, 1.54) is 12.8 Å². The number of nitrogens with zero attached hydrogens (tertiary/aromatic N) is 1. The molecule has 0 heterocycles. The lowest BCUT2D eigenvalue weighted by atomic mass is 10.1. The van der Waals surface area contributed by atoms with Crippen LogP contribution in [0.3, 0.4) is 0 Å². The van der Waals surface area contributed by atoms with Crippen LogP contribution in [0.25, 0.3) is 0 Å². The van der Waals surface area contributed by atoms with Crippen LogP contribution in [0.5, 0.6) is 0 Å². The molecule has 56 valence electrons. The highest BCUT2D eigenvalue weighted by Crippen LogP contribution is 1.99. The van der Waals surface area contributed by atoms with Crippen molar-refractivity contribution in [2.45, 2.75) is 33.1 Å². The molecule has 0 saturated carbocycles. The van der Waals surface area contributed by atoms with Gasteiger partial charge in [0, 0.05) is 0 Å². The molecule has 0 aromatic carbocycles. The van der Waals surface area contributed by atoms with Gasteiger partial charge in [0.1, 0.15) is 0 Å². The van der Waals surface area contributed by atoms with Gasteiger partial charge in [-0.05, 0) is 13.3 Å². The Morgan fingerprint density at radius 1 is 1.60 bits per heavy atom. The first-order chi connectivity index (χ1) is 4.81. The quantitative estimate of drug-likeness (QED) is 0.431. The van der Waals surface area contributed by atoms with E-state index in [9.17, 15) is 0 Å². The molecule has 1 unspecified atom stereocenters. The summed E-state index contributed by atoms with van der Waals surface area (Å²) in [5, 5.41) is 8.39. The SMILES string of the molecule is CCCCC=CC(C)C#N. The van der Waals surface area contributed by atoms with Crippen LogP contribution in [-0.2, 0) is 0 Å². The lowest BCUT2D eigenvalue weighted by molar-refractivity contribution is 0.807. The van der Waals surface area contributed by atoms with Crippen LogP contribution >= 0.6 is 0 Å². The van der Waals surface area contributed by atoms with Crippen molar-refractivity contribution in [3.05, 3.63) is 12.2 Å². The summed E-state index contributed by atoms with van der Waals surface area (Å²) in [6.07, 6.45) is 7.63. The van der Waals surface area contributed by atoms with Gasteiger partial charge in [-0.1, -0.05) is 31.9 Å². The molecular weight excluding hydrogens is 122 g/mol. The summed E-state index contributed by atoms with van der Waals surface area (Å²) in [4.78, 5) is 0. The summed E-state index contributed by atoms with van der Waals surface area (Å²) >= 11 is 0. The predicted molar refractivity (Wildman–Crippen MR) is 43.4 cm³/mol. The number of unbranched alkanes of at least 4 members (excludes halogenated alkanes) is 2. The third-order valence-corrected chi connectivity index (χ3v) is 1.35. The first-order valence-electron chi connectivity index (χ1n) is 3.87. The largest absolute Gasteiger partial charge is 0.198 e. The van der Waals surface area contributed by atoms with Gasteiger partial charge in [0.2, 0.25) is 0 Å². The van der Waals surface area contributed by atoms with E-state index in [0.717, 1.165) is 6.42 Å². The number of allylic oxidation sites excluding steroid dienone is 2. The van der Waals surface area contributed by atoms with Crippen molar-refractivity contribution < 1.29 is 0 Å². The van der Waals surface area contributed by atoms with Crippen molar-refractivity contribution in [1.82, 2.24) is 0 Å². The Morgan fingerprint density at radius 3 is 2.80 bits per heavy atom. The fourth-order valence-corrected chi connectivity index (χ4v) is 0.665. The van der Waals surface area contributed by atoms with Crippen molar-refractivity contribution in [2.75, 3.05) is 0 Å². The number of rotatable bonds is 4. The van der Waals surface area contributed by atoms with Gasteiger partial charge in [0.25, 0.3) is 0 Å². The molecule has 0 aromatic heterocycles. The van der Waals surface area contributed by atoms with Crippen molar-refractivity contribution in [3.8, 4) is 6.07 Å². The maximum absolute atomic E-state index is 8.39. The first-order valence-corrected chi connectivity index (χ1v) is 3.87. The second kappa shape index (κ2) is 6.35. The maximum atomic E-state index is 8.39. The fourth-order valence-electron chi connectivity index (χ4n) is 0.665. The van der Waals surface area contributed by atoms with Crippen molar-refractivity contribution >= 4 is 0 Å². The minimum atomic E-state index is 0.0804. The molecule has 0 saturated heterocycles. The molecule has 10 heavy (non-hydrogen) atoms. The highest BCUT2D eigenvalue weighted by Gasteiger charge is 1.88. The molecule has 0 fully saturated rings. The van der Waals surface area contributed by atoms with Crippen LogP contribution in [0.1, 0.15) is 33.1 Å². The van der Waals surface area contributed by atoms with Gasteiger partial charge in [0.05, 0.1) is 12.0 Å². The monoisotopic (exact) mass is 137 g/mol. The van der Waals surface area contributed by atoms with Crippen molar-refractivity contribution in [1.29, 1.82) is 5.26 Å². The molecule has 0 radical (unpaired) electrons. The molecule has 0 aliphatic rings. The zero-order valence-electron chi connectivity index (χ0n) is 6.80. The molecular formula is C9H15N. The average molecular weight is 137 g/mol. The topological polar surface area (TPSA) is 23.8 Å². The summed E-state index contributed by atoms with van der Waals surface area (Å²) in [5.41, 5.74) is 0. The lowest BCUT2D eigenvalue weighted by Gasteiger charge is -1.90. The lowest BCUT2D eigenvalue weighted by Crippen LogP contribution is -1.80. The minimum Gasteiger partial charge on any atom is -0.198 e. The van der Waals surface area contributed by atoms with Crippen LogP contribution in [0.15, 0.2) is 12.2 Å². The summed E-state index contributed by atoms with van der Waals surface area (Å²) in [6, 6.07) is 2.16. The van der Waals surface area contributed by atoms with E-state index in [-0.39, 0.29) is 5.92 Å². The number of nitriles is 1. The second-order valence-electron chi connectivity index (χ2n) is 2.49.